The summed E-state index contributed by atoms with van der Waals surface area (Å²) >= 11 is 5.57. The summed E-state index contributed by atoms with van der Waals surface area (Å²) in [5, 5.41) is 4.44. The van der Waals surface area contributed by atoms with Crippen molar-refractivity contribution in [1.29, 1.82) is 0 Å². The lowest BCUT2D eigenvalue weighted by Crippen LogP contribution is -2.43. The smallest absolute Gasteiger partial charge is 0.340 e. The predicted molar refractivity (Wildman–Crippen MR) is 66.7 cm³/mol. The van der Waals surface area contributed by atoms with Gasteiger partial charge >= 0.3 is 12.0 Å². The first-order chi connectivity index (χ1) is 8.93. The lowest BCUT2D eigenvalue weighted by molar-refractivity contribution is -0.127. The molecular formula is C11H12ClN3O4. The third-order valence-electron chi connectivity index (χ3n) is 2.08. The van der Waals surface area contributed by atoms with Gasteiger partial charge in [-0.2, -0.15) is 0 Å². The number of pyridine rings is 1. The maximum atomic E-state index is 11.6. The van der Waals surface area contributed by atoms with Gasteiger partial charge in [-0.25, -0.2) is 14.6 Å². The summed E-state index contributed by atoms with van der Waals surface area (Å²) in [6.07, 6.45) is 0.120. The summed E-state index contributed by atoms with van der Waals surface area (Å²) in [6, 6.07) is 2.16. The minimum Gasteiger partial charge on any atom is -0.449 e. The standard InChI is InChI=1S/C11H12ClN3O4/c1-6(9(16)15-11(18)13-2)19-10(17)7-3-4-8(12)14-5-7/h3-6H,1-2H3,(H2,13,15,16,18)/t6-/m0/s1. The molecule has 8 heteroatoms. The number of hydrogen-bond donors (Lipinski definition) is 2. The van der Waals surface area contributed by atoms with Crippen LogP contribution in [0.15, 0.2) is 18.3 Å². The molecule has 0 saturated heterocycles. The van der Waals surface area contributed by atoms with Gasteiger partial charge in [0.15, 0.2) is 6.10 Å². The second kappa shape index (κ2) is 6.69. The van der Waals surface area contributed by atoms with E-state index in [1.165, 1.54) is 32.3 Å². The lowest BCUT2D eigenvalue weighted by atomic mass is 10.3. The van der Waals surface area contributed by atoms with Gasteiger partial charge in [0.1, 0.15) is 5.15 Å². The third-order valence-corrected chi connectivity index (χ3v) is 2.30. The highest BCUT2D eigenvalue weighted by Gasteiger charge is 2.20. The van der Waals surface area contributed by atoms with Crippen LogP contribution in [-0.2, 0) is 9.53 Å². The molecule has 0 fully saturated rings. The van der Waals surface area contributed by atoms with Crippen molar-refractivity contribution in [2.24, 2.45) is 0 Å². The van der Waals surface area contributed by atoms with Gasteiger partial charge in [0.2, 0.25) is 0 Å². The van der Waals surface area contributed by atoms with Crippen molar-refractivity contribution < 1.29 is 19.1 Å². The Hall–Kier alpha value is -2.15. The normalized spacial score (nSPS) is 11.3. The Bertz CT molecular complexity index is 489. The molecule has 7 nitrogen and oxygen atoms in total. The van der Waals surface area contributed by atoms with E-state index in [0.29, 0.717) is 0 Å². The Labute approximate surface area is 114 Å². The quantitative estimate of drug-likeness (QED) is 0.630. The molecule has 2 N–H and O–H groups in total. The van der Waals surface area contributed by atoms with E-state index in [2.05, 4.69) is 10.3 Å². The van der Waals surface area contributed by atoms with Gasteiger partial charge in [-0.1, -0.05) is 11.6 Å². The molecular weight excluding hydrogens is 274 g/mol. The molecule has 102 valence electrons. The van der Waals surface area contributed by atoms with Gasteiger partial charge in [0.05, 0.1) is 5.56 Å². The van der Waals surface area contributed by atoms with Crippen molar-refractivity contribution in [2.75, 3.05) is 7.05 Å². The van der Waals surface area contributed by atoms with Crippen molar-refractivity contribution in [2.45, 2.75) is 13.0 Å². The van der Waals surface area contributed by atoms with Crippen LogP contribution in [-0.4, -0.2) is 36.0 Å². The van der Waals surface area contributed by atoms with Crippen LogP contribution in [0.25, 0.3) is 0 Å². The fourth-order valence-electron chi connectivity index (χ4n) is 1.05. The Kier molecular flexibility index (Phi) is 5.25. The van der Waals surface area contributed by atoms with Gasteiger partial charge in [-0.15, -0.1) is 0 Å². The molecule has 1 heterocycles. The van der Waals surface area contributed by atoms with E-state index in [4.69, 9.17) is 16.3 Å². The lowest BCUT2D eigenvalue weighted by Gasteiger charge is -2.12. The number of amides is 3. The fourth-order valence-corrected chi connectivity index (χ4v) is 1.17. The third kappa shape index (κ3) is 4.55. The second-order valence-electron chi connectivity index (χ2n) is 3.49. The first-order valence-corrected chi connectivity index (χ1v) is 5.67. The zero-order chi connectivity index (χ0) is 14.4. The minimum atomic E-state index is -1.11. The van der Waals surface area contributed by atoms with E-state index >= 15 is 0 Å². The van der Waals surface area contributed by atoms with Crippen LogP contribution in [0, 0.1) is 0 Å². The number of urea groups is 1. The second-order valence-corrected chi connectivity index (χ2v) is 3.87. The first-order valence-electron chi connectivity index (χ1n) is 5.29. The molecule has 0 spiro atoms. The summed E-state index contributed by atoms with van der Waals surface area (Å²) in [5.74, 6) is -1.46. The highest BCUT2D eigenvalue weighted by Crippen LogP contribution is 2.07. The molecule has 0 aliphatic carbocycles. The van der Waals surface area contributed by atoms with Crippen LogP contribution < -0.4 is 10.6 Å². The number of carbonyl (C=O) groups excluding carboxylic acids is 3. The van der Waals surface area contributed by atoms with Crippen LogP contribution in [0.1, 0.15) is 17.3 Å². The van der Waals surface area contributed by atoms with Crippen LogP contribution in [0.4, 0.5) is 4.79 Å². The molecule has 0 aliphatic heterocycles. The molecule has 0 saturated carbocycles. The van der Waals surface area contributed by atoms with Gasteiger partial charge in [-0.3, -0.25) is 10.1 Å². The highest BCUT2D eigenvalue weighted by atomic mass is 35.5. The summed E-state index contributed by atoms with van der Waals surface area (Å²) in [7, 11) is 1.36. The summed E-state index contributed by atoms with van der Waals surface area (Å²) in [6.45, 7) is 1.35. The van der Waals surface area contributed by atoms with E-state index in [1.807, 2.05) is 5.32 Å². The van der Waals surface area contributed by atoms with Crippen molar-refractivity contribution >= 4 is 29.5 Å². The number of ether oxygens (including phenoxy) is 1. The highest BCUT2D eigenvalue weighted by molar-refractivity contribution is 6.29. The van der Waals surface area contributed by atoms with Crippen LogP contribution in [0.2, 0.25) is 5.15 Å². The minimum absolute atomic E-state index is 0.156. The SMILES string of the molecule is CNC(=O)NC(=O)[C@H](C)OC(=O)c1ccc(Cl)nc1. The number of nitrogens with one attached hydrogen (secondary N) is 2. The van der Waals surface area contributed by atoms with Gasteiger partial charge in [-0.05, 0) is 19.1 Å². The van der Waals surface area contributed by atoms with Gasteiger partial charge < -0.3 is 10.1 Å². The number of aromatic nitrogens is 1. The number of rotatable bonds is 3. The predicted octanol–water partition coefficient (Wildman–Crippen LogP) is 0.736. The Balaban J connectivity index is 2.59. The Morgan fingerprint density at radius 3 is 2.58 bits per heavy atom. The molecule has 0 unspecified atom stereocenters. The van der Waals surface area contributed by atoms with Crippen LogP contribution >= 0.6 is 11.6 Å². The summed E-state index contributed by atoms with van der Waals surface area (Å²) in [4.78, 5) is 37.7. The van der Waals surface area contributed by atoms with E-state index in [9.17, 15) is 14.4 Å². The molecule has 0 aromatic carbocycles. The molecule has 1 aromatic rings. The molecule has 1 aromatic heterocycles. The van der Waals surface area contributed by atoms with Gasteiger partial charge in [0, 0.05) is 13.2 Å². The van der Waals surface area contributed by atoms with Crippen molar-refractivity contribution in [3.8, 4) is 0 Å². The van der Waals surface area contributed by atoms with E-state index in [-0.39, 0.29) is 10.7 Å². The average molecular weight is 286 g/mol. The van der Waals surface area contributed by atoms with Crippen molar-refractivity contribution in [1.82, 2.24) is 15.6 Å². The Morgan fingerprint density at radius 1 is 1.37 bits per heavy atom. The number of halogens is 1. The van der Waals surface area contributed by atoms with E-state index < -0.39 is 24.0 Å². The molecule has 19 heavy (non-hydrogen) atoms. The number of nitrogens with zero attached hydrogens (tertiary/aromatic N) is 1. The Morgan fingerprint density at radius 2 is 2.05 bits per heavy atom. The summed E-state index contributed by atoms with van der Waals surface area (Å²) in [5.41, 5.74) is 0.156. The van der Waals surface area contributed by atoms with E-state index in [1.54, 1.807) is 0 Å². The maximum Gasteiger partial charge on any atom is 0.340 e. The van der Waals surface area contributed by atoms with Crippen LogP contribution in [0.3, 0.4) is 0 Å². The number of esters is 1. The van der Waals surface area contributed by atoms with E-state index in [0.717, 1.165) is 0 Å². The molecule has 0 aliphatic rings. The maximum absolute atomic E-state index is 11.6. The first kappa shape index (κ1) is 14.9. The van der Waals surface area contributed by atoms with Crippen LogP contribution in [0.5, 0.6) is 0 Å². The average Bonchev–Trinajstić information content (AvgIpc) is 2.38. The largest absolute Gasteiger partial charge is 0.449 e. The number of imide groups is 1. The summed E-state index contributed by atoms with van der Waals surface area (Å²) < 4.78 is 4.87. The van der Waals surface area contributed by atoms with Crippen molar-refractivity contribution in [3.05, 3.63) is 29.0 Å². The number of hydrogen-bond acceptors (Lipinski definition) is 5. The molecule has 1 rings (SSSR count). The molecule has 1 atom stereocenters. The van der Waals surface area contributed by atoms with Crippen molar-refractivity contribution in [3.63, 3.8) is 0 Å². The zero-order valence-electron chi connectivity index (χ0n) is 10.3. The molecule has 0 bridgehead atoms. The molecule has 3 amide bonds. The monoisotopic (exact) mass is 285 g/mol. The topological polar surface area (TPSA) is 97.4 Å². The number of carbonyl (C=O) groups is 3. The zero-order valence-corrected chi connectivity index (χ0v) is 11.0. The molecule has 0 radical (unpaired) electrons. The fraction of sp³-hybridized carbons (Fsp3) is 0.273. The van der Waals surface area contributed by atoms with Gasteiger partial charge in [0.25, 0.3) is 5.91 Å².